The monoisotopic (exact) mass is 837 g/mol. The topological polar surface area (TPSA) is 3.24 Å². The smallest absolute Gasteiger partial charge is 0.0467 e. The molecule has 0 bridgehead atoms. The maximum absolute atomic E-state index is 2.39. The lowest BCUT2D eigenvalue weighted by Crippen LogP contribution is -2.10. The van der Waals surface area contributed by atoms with Crippen LogP contribution in [0.3, 0.4) is 0 Å². The van der Waals surface area contributed by atoms with Gasteiger partial charge < -0.3 is 4.90 Å². The number of nitrogens with zero attached hydrogens (tertiary/aromatic N) is 1. The second-order valence-corrected chi connectivity index (χ2v) is 18.3. The fraction of sp³-hybridized carbons (Fsp3) is 0. The zero-order chi connectivity index (χ0) is 41.7. The summed E-state index contributed by atoms with van der Waals surface area (Å²) in [6, 6.07) is 86.8. The number of hydrogen-bond donors (Lipinski definition) is 0. The van der Waals surface area contributed by atoms with Crippen LogP contribution in [0, 0.1) is 0 Å². The fourth-order valence-corrected chi connectivity index (χ4v) is 11.3. The number of rotatable bonds is 8. The van der Waals surface area contributed by atoms with Crippen LogP contribution in [0.15, 0.2) is 237 Å². The van der Waals surface area contributed by atoms with Crippen LogP contribution in [0.2, 0.25) is 0 Å². The maximum atomic E-state index is 2.39. The number of benzene rings is 10. The van der Waals surface area contributed by atoms with Gasteiger partial charge >= 0.3 is 0 Å². The number of hydrogen-bond acceptors (Lipinski definition) is 3. The van der Waals surface area contributed by atoms with Crippen LogP contribution < -0.4 is 4.90 Å². The molecule has 12 rings (SSSR count). The zero-order valence-electron chi connectivity index (χ0n) is 34.3. The minimum absolute atomic E-state index is 1.09. The van der Waals surface area contributed by atoms with Crippen molar-refractivity contribution in [1.29, 1.82) is 0 Å². The molecule has 0 aliphatic carbocycles. The predicted octanol–water partition coefficient (Wildman–Crippen LogP) is 18.2. The largest absolute Gasteiger partial charge is 0.310 e. The van der Waals surface area contributed by atoms with Gasteiger partial charge in [0.2, 0.25) is 0 Å². The van der Waals surface area contributed by atoms with Gasteiger partial charge in [-0.05, 0) is 147 Å². The second-order valence-electron chi connectivity index (χ2n) is 16.1. The second kappa shape index (κ2) is 15.7. The molecular formula is C60H39NS2. The third-order valence-corrected chi connectivity index (χ3v) is 14.5. The maximum Gasteiger partial charge on any atom is 0.0467 e. The van der Waals surface area contributed by atoms with Crippen molar-refractivity contribution in [1.82, 2.24) is 0 Å². The first-order valence-corrected chi connectivity index (χ1v) is 23.0. The van der Waals surface area contributed by atoms with Gasteiger partial charge in [0, 0.05) is 57.4 Å². The Morgan fingerprint density at radius 3 is 1.06 bits per heavy atom. The first kappa shape index (κ1) is 37.2. The highest BCUT2D eigenvalue weighted by Gasteiger charge is 2.17. The standard InChI is InChI=1S/C60H39NS2/c1-3-13-40(14-4-1)43-17-11-19-51(36-43)61(52-20-12-18-44(37-52)41-15-5-2-6-16-41)50-29-25-42(26-30-50)47-33-48(45-27-31-59-55(38-45)53-21-7-9-23-57(53)62-59)35-49(34-47)46-28-32-60-56(39-46)54-22-8-10-24-58(54)63-60/h1-39H. The van der Waals surface area contributed by atoms with E-state index in [-0.39, 0.29) is 0 Å². The van der Waals surface area contributed by atoms with E-state index < -0.39 is 0 Å². The molecule has 10 aromatic carbocycles. The summed E-state index contributed by atoms with van der Waals surface area (Å²) in [5.41, 5.74) is 15.2. The number of fused-ring (bicyclic) bond motifs is 6. The van der Waals surface area contributed by atoms with Crippen molar-refractivity contribution >= 4 is 80.1 Å². The zero-order valence-corrected chi connectivity index (χ0v) is 35.9. The van der Waals surface area contributed by atoms with E-state index in [4.69, 9.17) is 0 Å². The van der Waals surface area contributed by atoms with Crippen molar-refractivity contribution in [2.45, 2.75) is 0 Å². The molecular weight excluding hydrogens is 799 g/mol. The molecule has 0 saturated heterocycles. The molecule has 63 heavy (non-hydrogen) atoms. The normalized spacial score (nSPS) is 11.5. The Kier molecular flexibility index (Phi) is 9.29. The lowest BCUT2D eigenvalue weighted by molar-refractivity contribution is 1.28. The molecule has 0 fully saturated rings. The molecule has 296 valence electrons. The molecule has 0 spiro atoms. The van der Waals surface area contributed by atoms with Crippen molar-refractivity contribution in [2.75, 3.05) is 4.90 Å². The number of anilines is 3. The lowest BCUT2D eigenvalue weighted by atomic mass is 9.92. The molecule has 2 heterocycles. The third-order valence-electron chi connectivity index (χ3n) is 12.2. The molecule has 12 aromatic rings. The summed E-state index contributed by atoms with van der Waals surface area (Å²) in [6.45, 7) is 0. The van der Waals surface area contributed by atoms with Crippen LogP contribution >= 0.6 is 22.7 Å². The molecule has 1 nitrogen and oxygen atoms in total. The van der Waals surface area contributed by atoms with Crippen LogP contribution in [-0.4, -0.2) is 0 Å². The average Bonchev–Trinajstić information content (AvgIpc) is 3.93. The molecule has 0 radical (unpaired) electrons. The summed E-state index contributed by atoms with van der Waals surface area (Å²) in [6.07, 6.45) is 0. The molecule has 0 unspecified atom stereocenters. The SMILES string of the molecule is c1ccc(-c2cccc(N(c3ccc(-c4cc(-c5ccc6sc7ccccc7c6c5)cc(-c5ccc6sc7ccccc7c6c5)c4)cc3)c3cccc(-c4ccccc4)c3)c2)cc1. The fourth-order valence-electron chi connectivity index (χ4n) is 9.10. The summed E-state index contributed by atoms with van der Waals surface area (Å²) >= 11 is 3.73. The molecule has 0 aliphatic heterocycles. The van der Waals surface area contributed by atoms with Crippen LogP contribution in [0.5, 0.6) is 0 Å². The van der Waals surface area contributed by atoms with Gasteiger partial charge in [0.25, 0.3) is 0 Å². The first-order valence-electron chi connectivity index (χ1n) is 21.4. The summed E-state index contributed by atoms with van der Waals surface area (Å²) in [5.74, 6) is 0. The van der Waals surface area contributed by atoms with Crippen molar-refractivity contribution < 1.29 is 0 Å². The van der Waals surface area contributed by atoms with Gasteiger partial charge in [-0.2, -0.15) is 0 Å². The van der Waals surface area contributed by atoms with E-state index in [1.165, 1.54) is 96.0 Å². The predicted molar refractivity (Wildman–Crippen MR) is 274 cm³/mol. The molecule has 0 saturated carbocycles. The van der Waals surface area contributed by atoms with Crippen LogP contribution in [0.4, 0.5) is 17.1 Å². The van der Waals surface area contributed by atoms with Gasteiger partial charge in [0.05, 0.1) is 0 Å². The summed E-state index contributed by atoms with van der Waals surface area (Å²) in [7, 11) is 0. The van der Waals surface area contributed by atoms with E-state index in [2.05, 4.69) is 241 Å². The van der Waals surface area contributed by atoms with E-state index in [0.717, 1.165) is 17.1 Å². The Hall–Kier alpha value is -7.56. The van der Waals surface area contributed by atoms with Crippen molar-refractivity contribution in [3.8, 4) is 55.6 Å². The average molecular weight is 838 g/mol. The van der Waals surface area contributed by atoms with Crippen molar-refractivity contribution in [3.05, 3.63) is 237 Å². The highest BCUT2D eigenvalue weighted by atomic mass is 32.1. The minimum atomic E-state index is 1.09. The minimum Gasteiger partial charge on any atom is -0.310 e. The van der Waals surface area contributed by atoms with E-state index in [9.17, 15) is 0 Å². The molecule has 3 heteroatoms. The van der Waals surface area contributed by atoms with Crippen LogP contribution in [0.1, 0.15) is 0 Å². The van der Waals surface area contributed by atoms with Crippen LogP contribution in [0.25, 0.3) is 96.0 Å². The Balaban J connectivity index is 0.996. The Morgan fingerprint density at radius 1 is 0.206 bits per heavy atom. The van der Waals surface area contributed by atoms with E-state index in [1.54, 1.807) is 0 Å². The summed E-state index contributed by atoms with van der Waals surface area (Å²) < 4.78 is 5.27. The molecule has 2 aromatic heterocycles. The highest BCUT2D eigenvalue weighted by molar-refractivity contribution is 7.26. The summed E-state index contributed by atoms with van der Waals surface area (Å²) in [4.78, 5) is 2.38. The van der Waals surface area contributed by atoms with E-state index in [0.29, 0.717) is 0 Å². The van der Waals surface area contributed by atoms with Gasteiger partial charge in [0.15, 0.2) is 0 Å². The molecule has 0 atom stereocenters. The van der Waals surface area contributed by atoms with Crippen molar-refractivity contribution in [3.63, 3.8) is 0 Å². The van der Waals surface area contributed by atoms with Gasteiger partial charge in [-0.25, -0.2) is 0 Å². The molecule has 0 aliphatic rings. The van der Waals surface area contributed by atoms with Gasteiger partial charge in [0.1, 0.15) is 0 Å². The van der Waals surface area contributed by atoms with Gasteiger partial charge in [-0.3, -0.25) is 0 Å². The van der Waals surface area contributed by atoms with Gasteiger partial charge in [-0.1, -0.05) is 146 Å². The molecule has 0 amide bonds. The van der Waals surface area contributed by atoms with E-state index in [1.807, 2.05) is 22.7 Å². The Morgan fingerprint density at radius 2 is 0.571 bits per heavy atom. The highest BCUT2D eigenvalue weighted by Crippen LogP contribution is 2.43. The first-order chi connectivity index (χ1) is 31.2. The lowest BCUT2D eigenvalue weighted by Gasteiger charge is -2.27. The third kappa shape index (κ3) is 6.98. The summed E-state index contributed by atoms with van der Waals surface area (Å²) in [5, 5.41) is 5.25. The van der Waals surface area contributed by atoms with Crippen molar-refractivity contribution in [2.24, 2.45) is 0 Å². The van der Waals surface area contributed by atoms with E-state index >= 15 is 0 Å². The van der Waals surface area contributed by atoms with Gasteiger partial charge in [-0.15, -0.1) is 22.7 Å². The Labute approximate surface area is 375 Å². The van der Waals surface area contributed by atoms with Crippen LogP contribution in [-0.2, 0) is 0 Å². The Bertz CT molecular complexity index is 3400. The quantitative estimate of drug-likeness (QED) is 0.147. The molecule has 0 N–H and O–H groups in total. The number of thiophene rings is 2.